The molecule has 2 fully saturated rings. The number of para-hydroxylation sites is 1. The van der Waals surface area contributed by atoms with E-state index < -0.39 is 17.6 Å². The van der Waals surface area contributed by atoms with Crippen LogP contribution < -0.4 is 14.2 Å². The van der Waals surface area contributed by atoms with E-state index in [9.17, 15) is 14.3 Å². The largest absolute Gasteiger partial charge is 0.492 e. The maximum Gasteiger partial charge on any atom is 0.335 e. The maximum atomic E-state index is 14.9. The number of imidazole rings is 1. The molecule has 45 heavy (non-hydrogen) atoms. The molecule has 7 rings (SSSR count). The number of hydrogen-bond acceptors (Lipinski definition) is 7. The van der Waals surface area contributed by atoms with Gasteiger partial charge in [0.1, 0.15) is 22.9 Å². The Morgan fingerprint density at radius 1 is 1.16 bits per heavy atom. The molecule has 0 saturated carbocycles. The van der Waals surface area contributed by atoms with Crippen LogP contribution in [0.1, 0.15) is 66.3 Å². The molecule has 1 N–H and O–H groups in total. The van der Waals surface area contributed by atoms with E-state index in [1.54, 1.807) is 31.2 Å². The summed E-state index contributed by atoms with van der Waals surface area (Å²) in [6.45, 7) is 7.63. The maximum absolute atomic E-state index is 14.9. The Morgan fingerprint density at radius 3 is 2.64 bits per heavy atom. The Bertz CT molecular complexity index is 1770. The SMILES string of the molecule is CCOc1cc(C(=O)O)cc2c1nc(CN1CCC(c3cccc4c3OC(C)(c3ccc(Cl)cc3F)O4)CC1)n2C[C@@H]1CCO1. The summed E-state index contributed by atoms with van der Waals surface area (Å²) in [7, 11) is 0. The quantitative estimate of drug-likeness (QED) is 0.216. The zero-order chi connectivity index (χ0) is 31.3. The first-order valence-electron chi connectivity index (χ1n) is 15.4. The van der Waals surface area contributed by atoms with Gasteiger partial charge in [0.2, 0.25) is 0 Å². The molecule has 0 amide bonds. The van der Waals surface area contributed by atoms with Gasteiger partial charge in [-0.15, -0.1) is 0 Å². The number of rotatable bonds is 9. The van der Waals surface area contributed by atoms with Gasteiger partial charge in [-0.3, -0.25) is 4.90 Å². The molecule has 1 unspecified atom stereocenters. The number of halogens is 2. The molecule has 11 heteroatoms. The zero-order valence-corrected chi connectivity index (χ0v) is 26.0. The van der Waals surface area contributed by atoms with Gasteiger partial charge >= 0.3 is 5.97 Å². The minimum absolute atomic E-state index is 0.0744. The summed E-state index contributed by atoms with van der Waals surface area (Å²) in [6, 6.07) is 13.6. The molecule has 0 spiro atoms. The van der Waals surface area contributed by atoms with Crippen LogP contribution in [0.2, 0.25) is 5.02 Å². The number of likely N-dealkylation sites (tertiary alicyclic amines) is 1. The van der Waals surface area contributed by atoms with E-state index in [0.717, 1.165) is 55.9 Å². The summed E-state index contributed by atoms with van der Waals surface area (Å²) in [4.78, 5) is 19.3. The second-order valence-electron chi connectivity index (χ2n) is 12.0. The lowest BCUT2D eigenvalue weighted by atomic mass is 9.88. The van der Waals surface area contributed by atoms with Crippen molar-refractivity contribution in [3.63, 3.8) is 0 Å². The molecule has 3 aromatic carbocycles. The van der Waals surface area contributed by atoms with Gasteiger partial charge in [0, 0.05) is 24.1 Å². The van der Waals surface area contributed by atoms with Crippen molar-refractivity contribution in [3.8, 4) is 17.2 Å². The normalized spacial score (nSPS) is 21.6. The summed E-state index contributed by atoms with van der Waals surface area (Å²) in [5, 5.41) is 10.1. The van der Waals surface area contributed by atoms with Gasteiger partial charge in [-0.1, -0.05) is 23.7 Å². The topological polar surface area (TPSA) is 95.3 Å². The van der Waals surface area contributed by atoms with Gasteiger partial charge in [-0.25, -0.2) is 14.2 Å². The van der Waals surface area contributed by atoms with Gasteiger partial charge in [0.15, 0.2) is 11.5 Å². The van der Waals surface area contributed by atoms with Crippen molar-refractivity contribution in [1.29, 1.82) is 0 Å². The van der Waals surface area contributed by atoms with Crippen LogP contribution in [0, 0.1) is 5.82 Å². The molecule has 3 aliphatic heterocycles. The number of piperidine rings is 1. The van der Waals surface area contributed by atoms with Crippen LogP contribution >= 0.6 is 11.6 Å². The third-order valence-electron chi connectivity index (χ3n) is 9.05. The van der Waals surface area contributed by atoms with E-state index in [0.29, 0.717) is 53.0 Å². The van der Waals surface area contributed by atoms with Crippen LogP contribution in [0.3, 0.4) is 0 Å². The van der Waals surface area contributed by atoms with Crippen molar-refractivity contribution in [1.82, 2.24) is 14.5 Å². The Morgan fingerprint density at radius 2 is 1.96 bits per heavy atom. The molecule has 4 aromatic rings. The smallest absolute Gasteiger partial charge is 0.335 e. The zero-order valence-electron chi connectivity index (χ0n) is 25.2. The number of fused-ring (bicyclic) bond motifs is 2. The number of ether oxygens (including phenoxy) is 4. The molecule has 0 bridgehead atoms. The second-order valence-corrected chi connectivity index (χ2v) is 12.4. The molecule has 236 valence electrons. The van der Waals surface area contributed by atoms with Crippen LogP contribution in [0.25, 0.3) is 11.0 Å². The number of carboxylic acids is 1. The second kappa shape index (κ2) is 11.8. The number of carboxylic acid groups (broad SMARTS) is 1. The molecule has 2 atom stereocenters. The molecule has 3 aliphatic rings. The summed E-state index contributed by atoms with van der Waals surface area (Å²) < 4.78 is 41.1. The van der Waals surface area contributed by atoms with E-state index >= 15 is 0 Å². The Labute approximate surface area is 265 Å². The number of aromatic nitrogens is 2. The summed E-state index contributed by atoms with van der Waals surface area (Å²) in [5.74, 6) is 0.0635. The molecule has 1 aromatic heterocycles. The highest BCUT2D eigenvalue weighted by Gasteiger charge is 2.43. The Kier molecular flexibility index (Phi) is 7.83. The summed E-state index contributed by atoms with van der Waals surface area (Å²) in [5.41, 5.74) is 2.94. The van der Waals surface area contributed by atoms with Crippen LogP contribution in [-0.4, -0.2) is 57.9 Å². The fourth-order valence-electron chi connectivity index (χ4n) is 6.62. The minimum atomic E-state index is -1.29. The van der Waals surface area contributed by atoms with Crippen LogP contribution in [-0.2, 0) is 23.6 Å². The molecule has 0 radical (unpaired) electrons. The predicted molar refractivity (Wildman–Crippen MR) is 166 cm³/mol. The minimum Gasteiger partial charge on any atom is -0.492 e. The van der Waals surface area contributed by atoms with E-state index in [4.69, 9.17) is 35.5 Å². The van der Waals surface area contributed by atoms with E-state index in [1.165, 1.54) is 6.07 Å². The average molecular weight is 636 g/mol. The standard InChI is InChI=1S/C34H35ClFN3O6/c1-3-42-29-16-21(33(40)41)15-27-31(29)37-30(39(27)18-23-11-14-43-23)19-38-12-9-20(10-13-38)24-5-4-6-28-32(24)45-34(2,44-28)25-8-7-22(35)17-26(25)36/h4-8,15-17,20,23H,3,9-14,18-19H2,1-2H3,(H,40,41)/t23-,34?/m0/s1. The van der Waals surface area contributed by atoms with E-state index in [1.807, 2.05) is 19.1 Å². The monoisotopic (exact) mass is 635 g/mol. The van der Waals surface area contributed by atoms with E-state index in [2.05, 4.69) is 15.5 Å². The fraction of sp³-hybridized carbons (Fsp3) is 0.412. The first kappa shape index (κ1) is 29.8. The Hall–Kier alpha value is -3.86. The van der Waals surface area contributed by atoms with Crippen molar-refractivity contribution in [3.05, 3.63) is 81.9 Å². The lowest BCUT2D eigenvalue weighted by Crippen LogP contribution is -2.35. The number of nitrogens with zero attached hydrogens (tertiary/aromatic N) is 3. The van der Waals surface area contributed by atoms with Gasteiger partial charge < -0.3 is 28.6 Å². The van der Waals surface area contributed by atoms with Gasteiger partial charge in [-0.2, -0.15) is 0 Å². The molecular formula is C34H35ClFN3O6. The summed E-state index contributed by atoms with van der Waals surface area (Å²) >= 11 is 5.98. The van der Waals surface area contributed by atoms with Crippen molar-refractivity contribution >= 4 is 28.6 Å². The molecule has 2 saturated heterocycles. The van der Waals surface area contributed by atoms with Crippen LogP contribution in [0.4, 0.5) is 4.39 Å². The van der Waals surface area contributed by atoms with E-state index in [-0.39, 0.29) is 17.6 Å². The lowest BCUT2D eigenvalue weighted by molar-refractivity contribution is -0.0712. The first-order valence-corrected chi connectivity index (χ1v) is 15.8. The molecular weight excluding hydrogens is 601 g/mol. The van der Waals surface area contributed by atoms with Crippen molar-refractivity contribution < 1.29 is 33.2 Å². The Balaban J connectivity index is 1.11. The van der Waals surface area contributed by atoms with Gasteiger partial charge in [-0.05, 0) is 81.6 Å². The van der Waals surface area contributed by atoms with Crippen molar-refractivity contribution in [2.75, 3.05) is 26.3 Å². The highest BCUT2D eigenvalue weighted by molar-refractivity contribution is 6.30. The van der Waals surface area contributed by atoms with Crippen LogP contribution in [0.5, 0.6) is 17.2 Å². The molecule has 0 aliphatic carbocycles. The highest BCUT2D eigenvalue weighted by Crippen LogP contribution is 2.50. The fourth-order valence-corrected chi connectivity index (χ4v) is 6.78. The highest BCUT2D eigenvalue weighted by atomic mass is 35.5. The summed E-state index contributed by atoms with van der Waals surface area (Å²) in [6.07, 6.45) is 2.82. The lowest BCUT2D eigenvalue weighted by Gasteiger charge is -2.33. The molecule has 4 heterocycles. The number of carbonyl (C=O) groups is 1. The van der Waals surface area contributed by atoms with Crippen molar-refractivity contribution in [2.45, 2.75) is 64.0 Å². The number of benzene rings is 3. The van der Waals surface area contributed by atoms with Gasteiger partial charge in [0.05, 0.1) is 42.4 Å². The number of aromatic carboxylic acids is 1. The third kappa shape index (κ3) is 5.60. The first-order chi connectivity index (χ1) is 21.7. The van der Waals surface area contributed by atoms with Crippen molar-refractivity contribution in [2.24, 2.45) is 0 Å². The average Bonchev–Trinajstić information content (AvgIpc) is 3.52. The predicted octanol–water partition coefficient (Wildman–Crippen LogP) is 6.74. The van der Waals surface area contributed by atoms with Gasteiger partial charge in [0.25, 0.3) is 5.79 Å². The number of hydrogen-bond donors (Lipinski definition) is 1. The van der Waals surface area contributed by atoms with Crippen LogP contribution in [0.15, 0.2) is 48.5 Å². The molecule has 9 nitrogen and oxygen atoms in total. The third-order valence-corrected chi connectivity index (χ3v) is 9.28.